The van der Waals surface area contributed by atoms with E-state index in [2.05, 4.69) is 22.1 Å². The summed E-state index contributed by atoms with van der Waals surface area (Å²) in [6.45, 7) is 10.9. The Morgan fingerprint density at radius 2 is 1.97 bits per heavy atom. The summed E-state index contributed by atoms with van der Waals surface area (Å²) in [4.78, 5) is 7.18. The quantitative estimate of drug-likeness (QED) is 0.375. The topological polar surface area (TPSA) is 62.0 Å². The van der Waals surface area contributed by atoms with Crippen molar-refractivity contribution >= 4 is 5.96 Å². The Morgan fingerprint density at radius 1 is 1.20 bits per heavy atom. The van der Waals surface area contributed by atoms with Crippen molar-refractivity contribution in [2.24, 2.45) is 4.99 Å². The fraction of sp³-hybridized carbons (Fsp3) is 0.435. The fourth-order valence-corrected chi connectivity index (χ4v) is 3.35. The fourth-order valence-electron chi connectivity index (χ4n) is 3.35. The molecule has 1 saturated heterocycles. The smallest absolute Gasteiger partial charge is 0.191 e. The van der Waals surface area contributed by atoms with Crippen molar-refractivity contribution in [1.29, 1.82) is 0 Å². The minimum absolute atomic E-state index is 0.0583. The van der Waals surface area contributed by atoms with Crippen LogP contribution in [-0.2, 0) is 11.2 Å². The van der Waals surface area contributed by atoms with Crippen molar-refractivity contribution in [3.8, 4) is 0 Å². The van der Waals surface area contributed by atoms with Crippen LogP contribution in [0.15, 0.2) is 64.2 Å². The Kier molecular flexibility index (Phi) is 8.47. The summed E-state index contributed by atoms with van der Waals surface area (Å²) in [7, 11) is 0. The maximum atomic E-state index is 13.4. The van der Waals surface area contributed by atoms with Crippen molar-refractivity contribution in [2.75, 3.05) is 45.9 Å². The standard InChI is InChI=1S/C23H31FN4O2/c1-18(2)16-26-23(25-10-9-21-4-3-13-30-21)27-17-22(28-11-14-29-15-12-28)19-5-7-20(24)8-6-19/h3-8,13,22H,1,9-12,14-17H2,2H3,(H2,25,26,27). The first-order chi connectivity index (χ1) is 14.6. The molecule has 0 amide bonds. The number of hydrogen-bond donors (Lipinski definition) is 2. The second-order valence-electron chi connectivity index (χ2n) is 7.47. The molecule has 6 nitrogen and oxygen atoms in total. The molecule has 1 aromatic carbocycles. The molecule has 1 aliphatic heterocycles. The van der Waals surface area contributed by atoms with E-state index >= 15 is 0 Å². The molecule has 0 spiro atoms. The maximum Gasteiger partial charge on any atom is 0.191 e. The average molecular weight is 415 g/mol. The van der Waals surface area contributed by atoms with E-state index in [0.29, 0.717) is 32.8 Å². The molecule has 2 N–H and O–H groups in total. The van der Waals surface area contributed by atoms with Crippen LogP contribution in [0.25, 0.3) is 0 Å². The van der Waals surface area contributed by atoms with Crippen LogP contribution in [0.4, 0.5) is 4.39 Å². The van der Waals surface area contributed by atoms with Gasteiger partial charge in [0, 0.05) is 32.6 Å². The van der Waals surface area contributed by atoms with Crippen LogP contribution in [0, 0.1) is 5.82 Å². The van der Waals surface area contributed by atoms with E-state index in [9.17, 15) is 4.39 Å². The van der Waals surface area contributed by atoms with E-state index in [1.54, 1.807) is 6.26 Å². The molecular formula is C23H31FN4O2. The minimum atomic E-state index is -0.230. The lowest BCUT2D eigenvalue weighted by molar-refractivity contribution is 0.0179. The first kappa shape index (κ1) is 22.1. The second-order valence-corrected chi connectivity index (χ2v) is 7.47. The zero-order chi connectivity index (χ0) is 21.2. The molecule has 2 heterocycles. The van der Waals surface area contributed by atoms with Gasteiger partial charge in [0.25, 0.3) is 0 Å². The average Bonchev–Trinajstić information content (AvgIpc) is 3.27. The molecule has 1 aromatic heterocycles. The number of morpholine rings is 1. The summed E-state index contributed by atoms with van der Waals surface area (Å²) in [6.07, 6.45) is 2.45. The zero-order valence-corrected chi connectivity index (χ0v) is 17.6. The van der Waals surface area contributed by atoms with Gasteiger partial charge >= 0.3 is 0 Å². The van der Waals surface area contributed by atoms with Crippen molar-refractivity contribution in [3.05, 3.63) is 72.0 Å². The molecule has 0 radical (unpaired) electrons. The van der Waals surface area contributed by atoms with E-state index in [4.69, 9.17) is 14.1 Å². The number of hydrogen-bond acceptors (Lipinski definition) is 4. The third-order valence-corrected chi connectivity index (χ3v) is 4.97. The number of furan rings is 1. The Bertz CT molecular complexity index is 799. The number of halogens is 1. The molecule has 2 aromatic rings. The normalized spacial score (nSPS) is 16.3. The lowest BCUT2D eigenvalue weighted by atomic mass is 10.0. The summed E-state index contributed by atoms with van der Waals surface area (Å²) in [5, 5.41) is 6.69. The molecule has 3 rings (SSSR count). The van der Waals surface area contributed by atoms with Crippen LogP contribution in [0.5, 0.6) is 0 Å². The molecule has 1 fully saturated rings. The van der Waals surface area contributed by atoms with Gasteiger partial charge in [0.15, 0.2) is 5.96 Å². The lowest BCUT2D eigenvalue weighted by Gasteiger charge is -2.34. The summed E-state index contributed by atoms with van der Waals surface area (Å²) in [5.74, 6) is 1.43. The predicted octanol–water partition coefficient (Wildman–Crippen LogP) is 3.15. The number of aliphatic imine (C=N–C) groups is 1. The maximum absolute atomic E-state index is 13.4. The van der Waals surface area contributed by atoms with Crippen LogP contribution >= 0.6 is 0 Å². The number of benzene rings is 1. The Balaban J connectivity index is 1.69. The van der Waals surface area contributed by atoms with E-state index in [-0.39, 0.29) is 11.9 Å². The molecule has 0 saturated carbocycles. The van der Waals surface area contributed by atoms with Crippen molar-refractivity contribution in [3.63, 3.8) is 0 Å². The van der Waals surface area contributed by atoms with Crippen LogP contribution in [0.2, 0.25) is 0 Å². The number of nitrogens with one attached hydrogen (secondary N) is 2. The highest BCUT2D eigenvalue weighted by molar-refractivity contribution is 5.80. The Labute approximate surface area is 177 Å². The van der Waals surface area contributed by atoms with Crippen LogP contribution in [0.1, 0.15) is 24.3 Å². The first-order valence-corrected chi connectivity index (χ1v) is 10.4. The van der Waals surface area contributed by atoms with Gasteiger partial charge in [-0.1, -0.05) is 24.3 Å². The Morgan fingerprint density at radius 3 is 2.63 bits per heavy atom. The van der Waals surface area contributed by atoms with E-state index in [1.165, 1.54) is 12.1 Å². The molecule has 1 aliphatic rings. The molecule has 0 aliphatic carbocycles. The van der Waals surface area contributed by atoms with Gasteiger partial charge in [-0.05, 0) is 36.8 Å². The van der Waals surface area contributed by atoms with Crippen LogP contribution in [0.3, 0.4) is 0 Å². The molecule has 0 bridgehead atoms. The number of guanidine groups is 1. The summed E-state index contributed by atoms with van der Waals surface area (Å²) in [5.41, 5.74) is 2.08. The number of ether oxygens (including phenoxy) is 1. The molecule has 7 heteroatoms. The summed E-state index contributed by atoms with van der Waals surface area (Å²) < 4.78 is 24.3. The van der Waals surface area contributed by atoms with Crippen molar-refractivity contribution in [2.45, 2.75) is 19.4 Å². The minimum Gasteiger partial charge on any atom is -0.469 e. The van der Waals surface area contributed by atoms with Gasteiger partial charge in [-0.15, -0.1) is 0 Å². The van der Waals surface area contributed by atoms with Gasteiger partial charge in [0.05, 0.1) is 32.1 Å². The lowest BCUT2D eigenvalue weighted by Crippen LogP contribution is -2.42. The highest BCUT2D eigenvalue weighted by atomic mass is 19.1. The van der Waals surface area contributed by atoms with Gasteiger partial charge in [-0.25, -0.2) is 4.39 Å². The van der Waals surface area contributed by atoms with Gasteiger partial charge in [-0.2, -0.15) is 0 Å². The summed E-state index contributed by atoms with van der Waals surface area (Å²) >= 11 is 0. The zero-order valence-electron chi connectivity index (χ0n) is 17.6. The molecule has 1 unspecified atom stereocenters. The summed E-state index contributed by atoms with van der Waals surface area (Å²) in [6, 6.07) is 10.6. The SMILES string of the molecule is C=C(C)CNC(=NCC(c1ccc(F)cc1)N1CCOCC1)NCCc1ccco1. The Hall–Kier alpha value is -2.64. The van der Waals surface area contributed by atoms with Gasteiger partial charge in [0.1, 0.15) is 11.6 Å². The van der Waals surface area contributed by atoms with E-state index in [1.807, 2.05) is 31.2 Å². The van der Waals surface area contributed by atoms with E-state index < -0.39 is 0 Å². The van der Waals surface area contributed by atoms with Gasteiger partial charge in [-0.3, -0.25) is 9.89 Å². The second kappa shape index (κ2) is 11.5. The largest absolute Gasteiger partial charge is 0.469 e. The third kappa shape index (κ3) is 7.00. The monoisotopic (exact) mass is 414 g/mol. The number of nitrogens with zero attached hydrogens (tertiary/aromatic N) is 2. The molecule has 162 valence electrons. The van der Waals surface area contributed by atoms with Crippen molar-refractivity contribution < 1.29 is 13.5 Å². The van der Waals surface area contributed by atoms with E-state index in [0.717, 1.165) is 42.4 Å². The highest BCUT2D eigenvalue weighted by Crippen LogP contribution is 2.22. The predicted molar refractivity (Wildman–Crippen MR) is 117 cm³/mol. The number of rotatable bonds is 9. The molecule has 30 heavy (non-hydrogen) atoms. The van der Waals surface area contributed by atoms with Crippen molar-refractivity contribution in [1.82, 2.24) is 15.5 Å². The van der Waals surface area contributed by atoms with Gasteiger partial charge in [0.2, 0.25) is 0 Å². The van der Waals surface area contributed by atoms with Gasteiger partial charge < -0.3 is 19.8 Å². The molecule has 1 atom stereocenters. The molecular weight excluding hydrogens is 383 g/mol. The first-order valence-electron chi connectivity index (χ1n) is 10.4. The third-order valence-electron chi connectivity index (χ3n) is 4.97. The van der Waals surface area contributed by atoms with Crippen LogP contribution < -0.4 is 10.6 Å². The highest BCUT2D eigenvalue weighted by Gasteiger charge is 2.22. The van der Waals surface area contributed by atoms with Crippen LogP contribution in [-0.4, -0.2) is 56.8 Å².